The first-order valence-electron chi connectivity index (χ1n) is 3.09. The molecule has 1 N–H and O–H groups in total. The Bertz CT molecular complexity index is 56.3. The third-order valence-corrected chi connectivity index (χ3v) is 0.928. The summed E-state index contributed by atoms with van der Waals surface area (Å²) >= 11 is 0. The second-order valence-electron chi connectivity index (χ2n) is 1.69. The van der Waals surface area contributed by atoms with Crippen LogP contribution in [0.1, 0.15) is 13.3 Å². The van der Waals surface area contributed by atoms with Crippen LogP contribution in [0, 0.1) is 0 Å². The molecule has 56 valence electrons. The van der Waals surface area contributed by atoms with E-state index in [1.165, 1.54) is 0 Å². The fourth-order valence-electron chi connectivity index (χ4n) is 0.494. The number of rotatable bonds is 5. The Morgan fingerprint density at radius 3 is 2.67 bits per heavy atom. The minimum absolute atomic E-state index is 0.543. The van der Waals surface area contributed by atoms with E-state index in [2.05, 4.69) is 0 Å². The van der Waals surface area contributed by atoms with E-state index >= 15 is 0 Å². The number of aliphatic hydroxyl groups is 1. The van der Waals surface area contributed by atoms with Gasteiger partial charge in [-0.2, -0.15) is 0 Å². The topological polar surface area (TPSA) is 38.7 Å². The van der Waals surface area contributed by atoms with E-state index in [0.29, 0.717) is 19.6 Å². The lowest BCUT2D eigenvalue weighted by molar-refractivity contribution is -0.106. The Balaban J connectivity index is 2.95. The molecule has 0 heterocycles. The predicted octanol–water partition coefficient (Wildman–Crippen LogP) is 0.378. The van der Waals surface area contributed by atoms with Gasteiger partial charge in [0, 0.05) is 20.1 Å². The zero-order valence-electron chi connectivity index (χ0n) is 5.96. The zero-order valence-corrected chi connectivity index (χ0v) is 5.96. The molecular weight excluding hydrogens is 120 g/mol. The first-order valence-corrected chi connectivity index (χ1v) is 3.09. The van der Waals surface area contributed by atoms with Gasteiger partial charge in [0.15, 0.2) is 6.29 Å². The minimum Gasteiger partial charge on any atom is -0.384 e. The quantitative estimate of drug-likeness (QED) is 0.552. The number of aliphatic hydroxyl groups excluding tert-OH is 1. The highest BCUT2D eigenvalue weighted by molar-refractivity contribution is 4.38. The van der Waals surface area contributed by atoms with Crippen molar-refractivity contribution in [1.29, 1.82) is 0 Å². The highest BCUT2D eigenvalue weighted by Gasteiger charge is 1.99. The maximum absolute atomic E-state index is 8.88. The number of hydrogen-bond acceptors (Lipinski definition) is 3. The van der Waals surface area contributed by atoms with Crippen LogP contribution in [0.4, 0.5) is 0 Å². The molecule has 0 aliphatic rings. The van der Waals surface area contributed by atoms with Crippen molar-refractivity contribution in [3.05, 3.63) is 0 Å². The Morgan fingerprint density at radius 2 is 2.22 bits per heavy atom. The Hall–Kier alpha value is -0.120. The van der Waals surface area contributed by atoms with Gasteiger partial charge in [0.05, 0.1) is 6.61 Å². The van der Waals surface area contributed by atoms with Gasteiger partial charge in [-0.05, 0) is 6.92 Å². The molecule has 0 aliphatic carbocycles. The SMILES string of the molecule is CCOC(O)CCOC. The monoisotopic (exact) mass is 134 g/mol. The van der Waals surface area contributed by atoms with Crippen LogP contribution in [-0.4, -0.2) is 31.7 Å². The van der Waals surface area contributed by atoms with E-state index < -0.39 is 6.29 Å². The Kier molecular flexibility index (Phi) is 5.93. The van der Waals surface area contributed by atoms with Crippen molar-refractivity contribution < 1.29 is 14.6 Å². The van der Waals surface area contributed by atoms with Gasteiger partial charge in [0.2, 0.25) is 0 Å². The molecule has 0 bridgehead atoms. The molecule has 0 fully saturated rings. The summed E-state index contributed by atoms with van der Waals surface area (Å²) in [6.45, 7) is 2.93. The van der Waals surface area contributed by atoms with Gasteiger partial charge in [0.25, 0.3) is 0 Å². The van der Waals surface area contributed by atoms with Crippen LogP contribution >= 0.6 is 0 Å². The van der Waals surface area contributed by atoms with Crippen molar-refractivity contribution >= 4 is 0 Å². The lowest BCUT2D eigenvalue weighted by atomic mass is 10.4. The molecule has 0 aliphatic heterocycles. The van der Waals surface area contributed by atoms with Gasteiger partial charge in [-0.15, -0.1) is 0 Å². The van der Waals surface area contributed by atoms with Gasteiger partial charge >= 0.3 is 0 Å². The van der Waals surface area contributed by atoms with Crippen LogP contribution in [0.15, 0.2) is 0 Å². The average molecular weight is 134 g/mol. The Labute approximate surface area is 55.6 Å². The molecule has 0 spiro atoms. The molecule has 1 unspecified atom stereocenters. The number of ether oxygens (including phenoxy) is 2. The van der Waals surface area contributed by atoms with Crippen LogP contribution in [-0.2, 0) is 9.47 Å². The van der Waals surface area contributed by atoms with Gasteiger partial charge in [-0.3, -0.25) is 0 Å². The van der Waals surface area contributed by atoms with Crippen molar-refractivity contribution in [3.63, 3.8) is 0 Å². The molecular formula is C6H14O3. The van der Waals surface area contributed by atoms with Crippen molar-refractivity contribution in [3.8, 4) is 0 Å². The normalized spacial score (nSPS) is 13.7. The Morgan fingerprint density at radius 1 is 1.56 bits per heavy atom. The molecule has 0 aromatic carbocycles. The molecule has 9 heavy (non-hydrogen) atoms. The molecule has 0 saturated heterocycles. The molecule has 0 saturated carbocycles. The van der Waals surface area contributed by atoms with E-state index in [1.54, 1.807) is 7.11 Å². The summed E-state index contributed by atoms with van der Waals surface area (Å²) in [5, 5.41) is 8.88. The van der Waals surface area contributed by atoms with Gasteiger partial charge in [-0.25, -0.2) is 0 Å². The van der Waals surface area contributed by atoms with Crippen molar-refractivity contribution in [2.45, 2.75) is 19.6 Å². The summed E-state index contributed by atoms with van der Waals surface area (Å²) in [5.74, 6) is 0. The summed E-state index contributed by atoms with van der Waals surface area (Å²) in [6.07, 6.45) is -0.111. The summed E-state index contributed by atoms with van der Waals surface area (Å²) in [5.41, 5.74) is 0. The second-order valence-corrected chi connectivity index (χ2v) is 1.69. The summed E-state index contributed by atoms with van der Waals surface area (Å²) in [7, 11) is 1.60. The van der Waals surface area contributed by atoms with Gasteiger partial charge < -0.3 is 14.6 Å². The smallest absolute Gasteiger partial charge is 0.156 e. The minimum atomic E-state index is -0.657. The first-order chi connectivity index (χ1) is 4.31. The van der Waals surface area contributed by atoms with Crippen LogP contribution < -0.4 is 0 Å². The van der Waals surface area contributed by atoms with Crippen LogP contribution in [0.2, 0.25) is 0 Å². The van der Waals surface area contributed by atoms with E-state index in [-0.39, 0.29) is 0 Å². The maximum Gasteiger partial charge on any atom is 0.156 e. The van der Waals surface area contributed by atoms with Gasteiger partial charge in [-0.1, -0.05) is 0 Å². The fourth-order valence-corrected chi connectivity index (χ4v) is 0.494. The van der Waals surface area contributed by atoms with Crippen LogP contribution in [0.5, 0.6) is 0 Å². The van der Waals surface area contributed by atoms with E-state index in [1.807, 2.05) is 6.92 Å². The van der Waals surface area contributed by atoms with E-state index in [4.69, 9.17) is 14.6 Å². The molecule has 0 aromatic heterocycles. The van der Waals surface area contributed by atoms with Crippen LogP contribution in [0.25, 0.3) is 0 Å². The first kappa shape index (κ1) is 8.88. The maximum atomic E-state index is 8.88. The van der Waals surface area contributed by atoms with Crippen LogP contribution in [0.3, 0.4) is 0 Å². The van der Waals surface area contributed by atoms with Crippen molar-refractivity contribution in [2.75, 3.05) is 20.3 Å². The third kappa shape index (κ3) is 5.76. The van der Waals surface area contributed by atoms with Gasteiger partial charge in [0.1, 0.15) is 0 Å². The predicted molar refractivity (Wildman–Crippen MR) is 34.1 cm³/mol. The lowest BCUT2D eigenvalue weighted by Gasteiger charge is -2.08. The number of methoxy groups -OCH3 is 1. The highest BCUT2D eigenvalue weighted by atomic mass is 16.6. The van der Waals surface area contributed by atoms with E-state index in [0.717, 1.165) is 0 Å². The molecule has 3 nitrogen and oxygen atoms in total. The molecule has 0 radical (unpaired) electrons. The molecule has 1 atom stereocenters. The largest absolute Gasteiger partial charge is 0.384 e. The fraction of sp³-hybridized carbons (Fsp3) is 1.00. The summed E-state index contributed by atoms with van der Waals surface area (Å²) in [4.78, 5) is 0. The summed E-state index contributed by atoms with van der Waals surface area (Å²) < 4.78 is 9.54. The zero-order chi connectivity index (χ0) is 7.11. The second kappa shape index (κ2) is 6.01. The molecule has 0 amide bonds. The molecule has 0 rings (SSSR count). The van der Waals surface area contributed by atoms with Crippen molar-refractivity contribution in [2.24, 2.45) is 0 Å². The summed E-state index contributed by atoms with van der Waals surface area (Å²) in [6, 6.07) is 0. The molecule has 3 heteroatoms. The number of hydrogen-bond donors (Lipinski definition) is 1. The standard InChI is InChI=1S/C6H14O3/c1-3-9-6(7)4-5-8-2/h6-7H,3-5H2,1-2H3. The lowest BCUT2D eigenvalue weighted by Crippen LogP contribution is -2.13. The third-order valence-electron chi connectivity index (χ3n) is 0.928. The highest BCUT2D eigenvalue weighted by Crippen LogP contribution is 1.92. The average Bonchev–Trinajstić information content (AvgIpc) is 1.85. The van der Waals surface area contributed by atoms with Crippen molar-refractivity contribution in [1.82, 2.24) is 0 Å². The molecule has 0 aromatic rings. The van der Waals surface area contributed by atoms with E-state index in [9.17, 15) is 0 Å².